The van der Waals surface area contributed by atoms with E-state index in [1.54, 1.807) is 48.5 Å². The largest absolute Gasteiger partial charge is 0.352 e. The molecule has 2 amide bonds. The molecule has 0 bridgehead atoms. The van der Waals surface area contributed by atoms with Gasteiger partial charge in [0.2, 0.25) is 11.8 Å². The van der Waals surface area contributed by atoms with E-state index < -0.39 is 34.3 Å². The molecule has 0 aliphatic heterocycles. The lowest BCUT2D eigenvalue weighted by Crippen LogP contribution is -2.54. The number of benzene rings is 3. The molecule has 1 aliphatic rings. The Hall–Kier alpha value is -3.43. The normalized spacial score (nSPS) is 14.7. The number of halogens is 2. The van der Waals surface area contributed by atoms with Crippen LogP contribution in [-0.4, -0.2) is 43.8 Å². The van der Waals surface area contributed by atoms with Gasteiger partial charge < -0.3 is 10.2 Å². The molecule has 1 fully saturated rings. The van der Waals surface area contributed by atoms with Crippen molar-refractivity contribution in [1.82, 2.24) is 10.2 Å². The predicted octanol–water partition coefficient (Wildman–Crippen LogP) is 6.24. The first-order valence-corrected chi connectivity index (χ1v) is 16.1. The average Bonchev–Trinajstić information content (AvgIpc) is 2.98. The first kappa shape index (κ1) is 31.5. The molecule has 10 heteroatoms. The molecule has 1 N–H and O–H groups in total. The highest BCUT2D eigenvalue weighted by Crippen LogP contribution is 2.27. The lowest BCUT2D eigenvalue weighted by atomic mass is 9.95. The van der Waals surface area contributed by atoms with Gasteiger partial charge in [0.25, 0.3) is 10.0 Å². The Kier molecular flexibility index (Phi) is 10.6. The summed E-state index contributed by atoms with van der Waals surface area (Å²) in [5.74, 6) is -1.26. The fraction of sp³-hybridized carbons (Fsp3) is 0.375. The summed E-state index contributed by atoms with van der Waals surface area (Å²) in [6.45, 7) is 3.13. The molecule has 1 unspecified atom stereocenters. The summed E-state index contributed by atoms with van der Waals surface area (Å²) >= 11 is 6.08. The molecule has 3 aromatic carbocycles. The second-order valence-corrected chi connectivity index (χ2v) is 13.0. The van der Waals surface area contributed by atoms with E-state index in [1.807, 2.05) is 13.8 Å². The number of nitrogens with one attached hydrogen (secondary N) is 1. The van der Waals surface area contributed by atoms with Crippen molar-refractivity contribution >= 4 is 39.1 Å². The Morgan fingerprint density at radius 3 is 2.17 bits per heavy atom. The van der Waals surface area contributed by atoms with E-state index in [2.05, 4.69) is 5.32 Å². The van der Waals surface area contributed by atoms with Crippen LogP contribution < -0.4 is 9.62 Å². The number of amides is 2. The number of hydrogen-bond donors (Lipinski definition) is 1. The van der Waals surface area contributed by atoms with Crippen LogP contribution in [0.2, 0.25) is 5.02 Å². The van der Waals surface area contributed by atoms with Crippen LogP contribution >= 0.6 is 11.6 Å². The number of aryl methyl sites for hydroxylation is 1. The first-order chi connectivity index (χ1) is 20.1. The van der Waals surface area contributed by atoms with E-state index in [-0.39, 0.29) is 29.1 Å². The zero-order chi connectivity index (χ0) is 30.3. The van der Waals surface area contributed by atoms with E-state index in [4.69, 9.17) is 11.6 Å². The molecule has 224 valence electrons. The maximum Gasteiger partial charge on any atom is 0.264 e. The van der Waals surface area contributed by atoms with E-state index in [0.717, 1.165) is 42.0 Å². The van der Waals surface area contributed by atoms with Crippen molar-refractivity contribution in [3.63, 3.8) is 0 Å². The SMILES string of the molecule is CCC(C(=O)NC1CCCCC1)N(Cc1ccc(F)cc1)C(=O)CN(c1ccc(Cl)cc1)S(=O)(=O)c1ccc(C)cc1. The monoisotopic (exact) mass is 613 g/mol. The second kappa shape index (κ2) is 14.2. The highest BCUT2D eigenvalue weighted by Gasteiger charge is 2.34. The van der Waals surface area contributed by atoms with Crippen LogP contribution in [0.3, 0.4) is 0 Å². The number of rotatable bonds is 11. The third kappa shape index (κ3) is 7.89. The summed E-state index contributed by atoms with van der Waals surface area (Å²) in [4.78, 5) is 29.1. The van der Waals surface area contributed by atoms with Crippen LogP contribution in [0.5, 0.6) is 0 Å². The molecule has 3 aromatic rings. The van der Waals surface area contributed by atoms with Crippen molar-refractivity contribution in [3.8, 4) is 0 Å². The smallest absolute Gasteiger partial charge is 0.264 e. The Labute approximate surface area is 252 Å². The number of carbonyl (C=O) groups is 2. The van der Waals surface area contributed by atoms with Gasteiger partial charge in [-0.2, -0.15) is 0 Å². The second-order valence-electron chi connectivity index (χ2n) is 10.7. The lowest BCUT2D eigenvalue weighted by molar-refractivity contribution is -0.140. The van der Waals surface area contributed by atoms with Crippen molar-refractivity contribution in [3.05, 3.63) is 94.8 Å². The number of carbonyl (C=O) groups excluding carboxylic acids is 2. The van der Waals surface area contributed by atoms with Crippen LogP contribution in [0.1, 0.15) is 56.6 Å². The molecule has 1 saturated carbocycles. The van der Waals surface area contributed by atoms with Crippen LogP contribution in [0.25, 0.3) is 0 Å². The minimum Gasteiger partial charge on any atom is -0.352 e. The van der Waals surface area contributed by atoms with Crippen LogP contribution in [0.15, 0.2) is 77.7 Å². The van der Waals surface area contributed by atoms with Crippen molar-refractivity contribution in [2.75, 3.05) is 10.8 Å². The molecule has 1 atom stereocenters. The summed E-state index contributed by atoms with van der Waals surface area (Å²) in [6.07, 6.45) is 5.28. The van der Waals surface area contributed by atoms with Crippen LogP contribution in [0.4, 0.5) is 10.1 Å². The summed E-state index contributed by atoms with van der Waals surface area (Å²) in [5.41, 5.74) is 1.77. The topological polar surface area (TPSA) is 86.8 Å². The molecule has 0 spiro atoms. The molecule has 0 heterocycles. The zero-order valence-electron chi connectivity index (χ0n) is 23.9. The number of hydrogen-bond acceptors (Lipinski definition) is 4. The lowest BCUT2D eigenvalue weighted by Gasteiger charge is -2.34. The van der Waals surface area contributed by atoms with Gasteiger partial charge in [0.15, 0.2) is 0 Å². The number of anilines is 1. The van der Waals surface area contributed by atoms with Gasteiger partial charge in [-0.3, -0.25) is 13.9 Å². The van der Waals surface area contributed by atoms with Gasteiger partial charge in [-0.05, 0) is 80.3 Å². The number of nitrogens with zero attached hydrogens (tertiary/aromatic N) is 2. The maximum atomic E-state index is 14.1. The van der Waals surface area contributed by atoms with Crippen molar-refractivity contribution < 1.29 is 22.4 Å². The van der Waals surface area contributed by atoms with Crippen LogP contribution in [-0.2, 0) is 26.2 Å². The Balaban J connectivity index is 1.69. The minimum atomic E-state index is -4.17. The summed E-state index contributed by atoms with van der Waals surface area (Å²) in [5, 5.41) is 3.53. The molecule has 0 saturated heterocycles. The summed E-state index contributed by atoms with van der Waals surface area (Å²) in [7, 11) is -4.17. The van der Waals surface area contributed by atoms with Crippen molar-refractivity contribution in [2.24, 2.45) is 0 Å². The molecule has 1 aliphatic carbocycles. The molecular formula is C32H37ClFN3O4S. The standard InChI is InChI=1S/C32H37ClFN3O4S/c1-3-30(32(39)35-27-7-5-4-6-8-27)36(21-24-11-15-26(34)16-12-24)31(38)22-37(28-17-13-25(33)14-18-28)42(40,41)29-19-9-23(2)10-20-29/h9-20,27,30H,3-8,21-22H2,1-2H3,(H,35,39). The summed E-state index contributed by atoms with van der Waals surface area (Å²) < 4.78 is 42.6. The molecular weight excluding hydrogens is 577 g/mol. The third-order valence-corrected chi connectivity index (χ3v) is 9.65. The van der Waals surface area contributed by atoms with Gasteiger partial charge in [0, 0.05) is 17.6 Å². The zero-order valence-corrected chi connectivity index (χ0v) is 25.5. The highest BCUT2D eigenvalue weighted by atomic mass is 35.5. The Morgan fingerprint density at radius 1 is 0.952 bits per heavy atom. The molecule has 0 aromatic heterocycles. The van der Waals surface area contributed by atoms with Gasteiger partial charge in [-0.1, -0.05) is 67.6 Å². The van der Waals surface area contributed by atoms with Gasteiger partial charge in [-0.15, -0.1) is 0 Å². The quantitative estimate of drug-likeness (QED) is 0.277. The van der Waals surface area contributed by atoms with E-state index in [9.17, 15) is 22.4 Å². The summed E-state index contributed by atoms with van der Waals surface area (Å²) in [6, 6.07) is 17.5. The number of sulfonamides is 1. The average molecular weight is 614 g/mol. The van der Waals surface area contributed by atoms with E-state index in [1.165, 1.54) is 29.2 Å². The van der Waals surface area contributed by atoms with E-state index in [0.29, 0.717) is 17.0 Å². The molecule has 4 rings (SSSR count). The fourth-order valence-electron chi connectivity index (χ4n) is 5.22. The van der Waals surface area contributed by atoms with E-state index >= 15 is 0 Å². The molecule has 7 nitrogen and oxygen atoms in total. The van der Waals surface area contributed by atoms with Gasteiger partial charge in [0.05, 0.1) is 10.6 Å². The Bertz CT molecular complexity index is 1460. The predicted molar refractivity (Wildman–Crippen MR) is 163 cm³/mol. The van der Waals surface area contributed by atoms with Gasteiger partial charge >= 0.3 is 0 Å². The fourth-order valence-corrected chi connectivity index (χ4v) is 6.76. The minimum absolute atomic E-state index is 0.00867. The maximum absolute atomic E-state index is 14.1. The Morgan fingerprint density at radius 2 is 1.57 bits per heavy atom. The molecule has 42 heavy (non-hydrogen) atoms. The van der Waals surface area contributed by atoms with Gasteiger partial charge in [-0.25, -0.2) is 12.8 Å². The van der Waals surface area contributed by atoms with Crippen molar-refractivity contribution in [1.29, 1.82) is 0 Å². The van der Waals surface area contributed by atoms with Crippen molar-refractivity contribution in [2.45, 2.75) is 75.9 Å². The van der Waals surface area contributed by atoms with Crippen LogP contribution in [0, 0.1) is 12.7 Å². The first-order valence-electron chi connectivity index (χ1n) is 14.3. The molecule has 0 radical (unpaired) electrons. The third-order valence-electron chi connectivity index (χ3n) is 7.61. The van der Waals surface area contributed by atoms with Gasteiger partial charge in [0.1, 0.15) is 18.4 Å². The highest BCUT2D eigenvalue weighted by molar-refractivity contribution is 7.92.